The lowest BCUT2D eigenvalue weighted by Crippen LogP contribution is -2.03. The molecule has 0 fully saturated rings. The lowest BCUT2D eigenvalue weighted by atomic mass is 10.1. The van der Waals surface area contributed by atoms with E-state index in [2.05, 4.69) is 27.3 Å². The van der Waals surface area contributed by atoms with Crippen LogP contribution in [0.3, 0.4) is 0 Å². The molecule has 0 atom stereocenters. The first-order valence-electron chi connectivity index (χ1n) is 6.12. The highest BCUT2D eigenvalue weighted by atomic mass is 15.3. The molecule has 0 spiro atoms. The number of aryl methyl sites for hydroxylation is 3. The SMILES string of the molecule is CCc1nn(C)cc1-c1nc(C)c(C)c(NC)n1. The average molecular weight is 245 g/mol. The molecular weight excluding hydrogens is 226 g/mol. The Balaban J connectivity index is 2.60. The first-order valence-corrected chi connectivity index (χ1v) is 6.12. The molecule has 5 heteroatoms. The zero-order valence-corrected chi connectivity index (χ0v) is 11.6. The summed E-state index contributed by atoms with van der Waals surface area (Å²) in [5.74, 6) is 1.62. The zero-order valence-electron chi connectivity index (χ0n) is 11.6. The van der Waals surface area contributed by atoms with Crippen LogP contribution in [0.5, 0.6) is 0 Å². The molecule has 18 heavy (non-hydrogen) atoms. The predicted molar refractivity (Wildman–Crippen MR) is 72.6 cm³/mol. The highest BCUT2D eigenvalue weighted by Crippen LogP contribution is 2.23. The molecular formula is C13H19N5. The topological polar surface area (TPSA) is 55.6 Å². The van der Waals surface area contributed by atoms with Crippen molar-refractivity contribution >= 4 is 5.82 Å². The van der Waals surface area contributed by atoms with Crippen molar-refractivity contribution in [2.75, 3.05) is 12.4 Å². The van der Waals surface area contributed by atoms with Crippen molar-refractivity contribution in [3.05, 3.63) is 23.1 Å². The van der Waals surface area contributed by atoms with Crippen LogP contribution in [0.15, 0.2) is 6.20 Å². The summed E-state index contributed by atoms with van der Waals surface area (Å²) in [5.41, 5.74) is 4.13. The zero-order chi connectivity index (χ0) is 13.3. The smallest absolute Gasteiger partial charge is 0.165 e. The molecule has 2 aromatic heterocycles. The van der Waals surface area contributed by atoms with Crippen molar-refractivity contribution in [3.8, 4) is 11.4 Å². The van der Waals surface area contributed by atoms with E-state index >= 15 is 0 Å². The fourth-order valence-corrected chi connectivity index (χ4v) is 1.98. The van der Waals surface area contributed by atoms with Crippen LogP contribution in [-0.2, 0) is 13.5 Å². The van der Waals surface area contributed by atoms with Gasteiger partial charge in [-0.15, -0.1) is 0 Å². The molecule has 0 aliphatic heterocycles. The van der Waals surface area contributed by atoms with Crippen LogP contribution in [0.4, 0.5) is 5.82 Å². The van der Waals surface area contributed by atoms with Crippen molar-refractivity contribution in [2.24, 2.45) is 7.05 Å². The summed E-state index contributed by atoms with van der Waals surface area (Å²) in [5, 5.41) is 7.54. The van der Waals surface area contributed by atoms with Crippen molar-refractivity contribution in [1.29, 1.82) is 0 Å². The van der Waals surface area contributed by atoms with Gasteiger partial charge in [0.2, 0.25) is 0 Å². The minimum atomic E-state index is 0.743. The summed E-state index contributed by atoms with van der Waals surface area (Å²) >= 11 is 0. The van der Waals surface area contributed by atoms with Crippen molar-refractivity contribution in [3.63, 3.8) is 0 Å². The van der Waals surface area contributed by atoms with E-state index in [0.29, 0.717) is 0 Å². The molecule has 0 saturated heterocycles. The molecule has 0 unspecified atom stereocenters. The van der Waals surface area contributed by atoms with Gasteiger partial charge >= 0.3 is 0 Å². The first-order chi connectivity index (χ1) is 8.56. The van der Waals surface area contributed by atoms with Gasteiger partial charge in [-0.2, -0.15) is 5.10 Å². The molecule has 2 rings (SSSR count). The van der Waals surface area contributed by atoms with Crippen LogP contribution in [0.2, 0.25) is 0 Å². The number of hydrogen-bond acceptors (Lipinski definition) is 4. The standard InChI is InChI=1S/C13H19N5/c1-6-11-10(7-18(5)17-11)13-15-9(3)8(2)12(14-4)16-13/h7H,6H2,1-5H3,(H,14,15,16). The second kappa shape index (κ2) is 4.76. The van der Waals surface area contributed by atoms with Crippen molar-refractivity contribution < 1.29 is 0 Å². The fraction of sp³-hybridized carbons (Fsp3) is 0.462. The Bertz CT molecular complexity index is 571. The van der Waals surface area contributed by atoms with Gasteiger partial charge in [0.1, 0.15) is 5.82 Å². The lowest BCUT2D eigenvalue weighted by molar-refractivity contribution is 0.746. The first kappa shape index (κ1) is 12.5. The number of anilines is 1. The maximum absolute atomic E-state index is 4.57. The quantitative estimate of drug-likeness (QED) is 0.899. The number of nitrogens with zero attached hydrogens (tertiary/aromatic N) is 4. The Morgan fingerprint density at radius 3 is 2.61 bits per heavy atom. The predicted octanol–water partition coefficient (Wildman–Crippen LogP) is 2.10. The summed E-state index contributed by atoms with van der Waals surface area (Å²) < 4.78 is 1.81. The Morgan fingerprint density at radius 1 is 1.28 bits per heavy atom. The third-order valence-electron chi connectivity index (χ3n) is 3.11. The molecule has 1 N–H and O–H groups in total. The fourth-order valence-electron chi connectivity index (χ4n) is 1.98. The van der Waals surface area contributed by atoms with Crippen LogP contribution in [0.25, 0.3) is 11.4 Å². The maximum Gasteiger partial charge on any atom is 0.165 e. The van der Waals surface area contributed by atoms with Crippen LogP contribution in [0.1, 0.15) is 23.9 Å². The van der Waals surface area contributed by atoms with Crippen LogP contribution >= 0.6 is 0 Å². The van der Waals surface area contributed by atoms with Crippen LogP contribution in [-0.4, -0.2) is 26.8 Å². The second-order valence-electron chi connectivity index (χ2n) is 4.37. The van der Waals surface area contributed by atoms with Gasteiger partial charge in [0.25, 0.3) is 0 Å². The van der Waals surface area contributed by atoms with E-state index in [-0.39, 0.29) is 0 Å². The normalized spacial score (nSPS) is 10.7. The Morgan fingerprint density at radius 2 is 2.00 bits per heavy atom. The van der Waals surface area contributed by atoms with Gasteiger partial charge in [0.15, 0.2) is 5.82 Å². The second-order valence-corrected chi connectivity index (χ2v) is 4.37. The highest BCUT2D eigenvalue weighted by molar-refractivity contribution is 5.61. The third-order valence-corrected chi connectivity index (χ3v) is 3.11. The minimum Gasteiger partial charge on any atom is -0.373 e. The molecule has 2 aromatic rings. The van der Waals surface area contributed by atoms with E-state index in [1.165, 1.54) is 0 Å². The molecule has 0 saturated carbocycles. The summed E-state index contributed by atoms with van der Waals surface area (Å²) in [7, 11) is 3.80. The van der Waals surface area contributed by atoms with E-state index in [4.69, 9.17) is 0 Å². The summed E-state index contributed by atoms with van der Waals surface area (Å²) in [6.07, 6.45) is 2.85. The molecule has 0 aliphatic rings. The molecule has 0 aliphatic carbocycles. The molecule has 5 nitrogen and oxygen atoms in total. The molecule has 96 valence electrons. The van der Waals surface area contributed by atoms with Crippen molar-refractivity contribution in [1.82, 2.24) is 19.7 Å². The van der Waals surface area contributed by atoms with Crippen LogP contribution < -0.4 is 5.32 Å². The average Bonchev–Trinajstić information content (AvgIpc) is 2.73. The Kier molecular flexibility index (Phi) is 3.32. The number of rotatable bonds is 3. The van der Waals surface area contributed by atoms with E-state index in [0.717, 1.165) is 40.6 Å². The minimum absolute atomic E-state index is 0.743. The van der Waals surface area contributed by atoms with Gasteiger partial charge in [-0.05, 0) is 20.3 Å². The van der Waals surface area contributed by atoms with Gasteiger partial charge in [0.05, 0.1) is 11.3 Å². The molecule has 0 amide bonds. The Labute approximate surface area is 107 Å². The Hall–Kier alpha value is -1.91. The molecule has 0 aromatic carbocycles. The monoisotopic (exact) mass is 245 g/mol. The molecule has 0 bridgehead atoms. The highest BCUT2D eigenvalue weighted by Gasteiger charge is 2.14. The lowest BCUT2D eigenvalue weighted by Gasteiger charge is -2.09. The van der Waals surface area contributed by atoms with E-state index in [1.807, 2.05) is 38.8 Å². The summed E-state index contributed by atoms with van der Waals surface area (Å²) in [4.78, 5) is 9.14. The molecule has 0 radical (unpaired) electrons. The van der Waals surface area contributed by atoms with Gasteiger partial charge in [-0.3, -0.25) is 4.68 Å². The third kappa shape index (κ3) is 2.08. The van der Waals surface area contributed by atoms with Gasteiger partial charge in [-0.25, -0.2) is 9.97 Å². The molecule has 2 heterocycles. The largest absolute Gasteiger partial charge is 0.373 e. The van der Waals surface area contributed by atoms with E-state index in [9.17, 15) is 0 Å². The van der Waals surface area contributed by atoms with E-state index < -0.39 is 0 Å². The summed E-state index contributed by atoms with van der Waals surface area (Å²) in [6, 6.07) is 0. The van der Waals surface area contributed by atoms with Crippen molar-refractivity contribution in [2.45, 2.75) is 27.2 Å². The van der Waals surface area contributed by atoms with Crippen LogP contribution in [0, 0.1) is 13.8 Å². The number of nitrogens with one attached hydrogen (secondary N) is 1. The van der Waals surface area contributed by atoms with Gasteiger partial charge in [0, 0.05) is 31.5 Å². The maximum atomic E-state index is 4.57. The van der Waals surface area contributed by atoms with Gasteiger partial charge in [-0.1, -0.05) is 6.92 Å². The van der Waals surface area contributed by atoms with Gasteiger partial charge < -0.3 is 5.32 Å². The number of hydrogen-bond donors (Lipinski definition) is 1. The summed E-state index contributed by atoms with van der Waals surface area (Å²) in [6.45, 7) is 6.12. The van der Waals surface area contributed by atoms with E-state index in [1.54, 1.807) is 0 Å². The number of aromatic nitrogens is 4.